The van der Waals surface area contributed by atoms with Gasteiger partial charge >= 0.3 is 5.97 Å². The maximum Gasteiger partial charge on any atom is 0.338 e. The van der Waals surface area contributed by atoms with Gasteiger partial charge in [0.15, 0.2) is 0 Å². The lowest BCUT2D eigenvalue weighted by atomic mass is 10.0. The zero-order valence-corrected chi connectivity index (χ0v) is 20.3. The third-order valence-corrected chi connectivity index (χ3v) is 5.24. The van der Waals surface area contributed by atoms with E-state index in [1.807, 2.05) is 13.8 Å². The Hall–Kier alpha value is -3.91. The Morgan fingerprint density at radius 3 is 2.57 bits per heavy atom. The second-order valence-electron chi connectivity index (χ2n) is 7.91. The number of amides is 2. The van der Waals surface area contributed by atoms with Crippen molar-refractivity contribution in [3.05, 3.63) is 82.6 Å². The van der Waals surface area contributed by atoms with E-state index in [9.17, 15) is 14.4 Å². The van der Waals surface area contributed by atoms with Gasteiger partial charge in [0.2, 0.25) is 0 Å². The Labute approximate surface area is 208 Å². The summed E-state index contributed by atoms with van der Waals surface area (Å²) in [4.78, 5) is 37.4. The van der Waals surface area contributed by atoms with E-state index in [0.29, 0.717) is 33.2 Å². The van der Waals surface area contributed by atoms with Gasteiger partial charge < -0.3 is 14.5 Å². The van der Waals surface area contributed by atoms with Crippen molar-refractivity contribution < 1.29 is 23.5 Å². The number of furan rings is 1. The third kappa shape index (κ3) is 6.80. The monoisotopic (exact) mass is 495 g/mol. The van der Waals surface area contributed by atoms with E-state index in [1.165, 1.54) is 12.3 Å². The predicted octanol–water partition coefficient (Wildman–Crippen LogP) is 4.68. The number of halogens is 1. The van der Waals surface area contributed by atoms with Crippen molar-refractivity contribution in [3.63, 3.8) is 0 Å². The van der Waals surface area contributed by atoms with Crippen molar-refractivity contribution in [1.29, 1.82) is 0 Å². The lowest BCUT2D eigenvalue weighted by Crippen LogP contribution is -2.48. The number of nitrogens with zero attached hydrogens (tertiary/aromatic N) is 1. The average molecular weight is 496 g/mol. The molecule has 8 nitrogen and oxygen atoms in total. The molecule has 1 atom stereocenters. The normalized spacial score (nSPS) is 11.9. The van der Waals surface area contributed by atoms with Gasteiger partial charge in [-0.25, -0.2) is 10.2 Å². The van der Waals surface area contributed by atoms with Crippen LogP contribution in [0.1, 0.15) is 47.2 Å². The summed E-state index contributed by atoms with van der Waals surface area (Å²) >= 11 is 5.95. The van der Waals surface area contributed by atoms with Gasteiger partial charge in [0.05, 0.1) is 18.4 Å². The average Bonchev–Trinajstić information content (AvgIpc) is 3.31. The van der Waals surface area contributed by atoms with Crippen molar-refractivity contribution in [3.8, 4) is 11.3 Å². The van der Waals surface area contributed by atoms with Crippen LogP contribution < -0.4 is 10.7 Å². The van der Waals surface area contributed by atoms with Crippen LogP contribution in [0.4, 0.5) is 0 Å². The quantitative estimate of drug-likeness (QED) is 0.254. The van der Waals surface area contributed by atoms with Crippen LogP contribution in [0.5, 0.6) is 0 Å². The van der Waals surface area contributed by atoms with E-state index in [2.05, 4.69) is 15.8 Å². The van der Waals surface area contributed by atoms with Crippen molar-refractivity contribution in [2.45, 2.75) is 26.8 Å². The van der Waals surface area contributed by atoms with Crippen molar-refractivity contribution in [2.24, 2.45) is 11.0 Å². The number of hydrazone groups is 1. The first-order valence-electron chi connectivity index (χ1n) is 11.1. The number of hydrogen-bond donors (Lipinski definition) is 2. The van der Waals surface area contributed by atoms with Crippen molar-refractivity contribution in [1.82, 2.24) is 10.7 Å². The molecule has 0 aliphatic carbocycles. The highest BCUT2D eigenvalue weighted by Gasteiger charge is 2.24. The Kier molecular flexibility index (Phi) is 8.80. The molecule has 0 saturated carbocycles. The maximum absolute atomic E-state index is 12.7. The van der Waals surface area contributed by atoms with Crippen molar-refractivity contribution >= 4 is 35.6 Å². The number of rotatable bonds is 9. The highest BCUT2D eigenvalue weighted by atomic mass is 35.5. The Bertz CT molecular complexity index is 1230. The lowest BCUT2D eigenvalue weighted by Gasteiger charge is -2.20. The van der Waals surface area contributed by atoms with E-state index in [4.69, 9.17) is 20.8 Å². The predicted molar refractivity (Wildman–Crippen MR) is 133 cm³/mol. The number of ether oxygens (including phenoxy) is 1. The van der Waals surface area contributed by atoms with Crippen molar-refractivity contribution in [2.75, 3.05) is 6.61 Å². The summed E-state index contributed by atoms with van der Waals surface area (Å²) < 4.78 is 10.9. The molecule has 0 fully saturated rings. The van der Waals surface area contributed by atoms with Crippen LogP contribution in [0.15, 0.2) is 70.2 Å². The molecule has 9 heteroatoms. The van der Waals surface area contributed by atoms with Gasteiger partial charge in [0, 0.05) is 16.1 Å². The van der Waals surface area contributed by atoms with Gasteiger partial charge in [-0.2, -0.15) is 5.10 Å². The van der Waals surface area contributed by atoms with Crippen LogP contribution in [0.2, 0.25) is 5.02 Å². The molecule has 3 aromatic rings. The second kappa shape index (κ2) is 12.0. The first-order valence-corrected chi connectivity index (χ1v) is 11.4. The van der Waals surface area contributed by atoms with E-state index in [0.717, 1.165) is 0 Å². The van der Waals surface area contributed by atoms with E-state index in [1.54, 1.807) is 61.5 Å². The minimum atomic E-state index is -0.817. The molecular weight excluding hydrogens is 470 g/mol. The zero-order chi connectivity index (χ0) is 25.4. The summed E-state index contributed by atoms with van der Waals surface area (Å²) in [7, 11) is 0. The highest BCUT2D eigenvalue weighted by molar-refractivity contribution is 6.31. The maximum atomic E-state index is 12.7. The Morgan fingerprint density at radius 1 is 1.09 bits per heavy atom. The van der Waals surface area contributed by atoms with Gasteiger partial charge in [-0.05, 0) is 49.2 Å². The molecular formula is C26H26ClN3O5. The smallest absolute Gasteiger partial charge is 0.338 e. The molecule has 2 N–H and O–H groups in total. The molecule has 0 spiro atoms. The standard InChI is InChI=1S/C26H26ClN3O5/c1-4-34-26(33)21-11-6-5-10-20(21)22-13-12-19(35-22)15-28-30-25(32)23(16(2)3)29-24(31)17-8-7-9-18(27)14-17/h5-16,23H,4H2,1-3H3,(H,29,31)(H,30,32)/b28-15-. The number of carbonyl (C=O) groups excluding carboxylic acids is 3. The van der Waals surface area contributed by atoms with Gasteiger partial charge in [0.25, 0.3) is 11.8 Å². The van der Waals surface area contributed by atoms with E-state index < -0.39 is 23.8 Å². The molecule has 2 aromatic carbocycles. The van der Waals surface area contributed by atoms with Crippen LogP contribution in [0, 0.1) is 5.92 Å². The first-order chi connectivity index (χ1) is 16.8. The molecule has 35 heavy (non-hydrogen) atoms. The van der Waals surface area contributed by atoms with Crippen LogP contribution in [0.25, 0.3) is 11.3 Å². The SMILES string of the molecule is CCOC(=O)c1ccccc1-c1ccc(/C=N\NC(=O)C(NC(=O)c2cccc(Cl)c2)C(C)C)o1. The molecule has 0 bridgehead atoms. The third-order valence-electron chi connectivity index (χ3n) is 5.00. The molecule has 1 aromatic heterocycles. The molecule has 0 radical (unpaired) electrons. The molecule has 3 rings (SSSR count). The fourth-order valence-electron chi connectivity index (χ4n) is 3.27. The molecule has 0 aliphatic heterocycles. The Balaban J connectivity index is 1.66. The number of benzene rings is 2. The number of esters is 1. The second-order valence-corrected chi connectivity index (χ2v) is 8.34. The summed E-state index contributed by atoms with van der Waals surface area (Å²) in [6.45, 7) is 5.63. The first kappa shape index (κ1) is 25.7. The Morgan fingerprint density at radius 2 is 1.86 bits per heavy atom. The van der Waals surface area contributed by atoms with E-state index in [-0.39, 0.29) is 12.5 Å². The van der Waals surface area contributed by atoms with Gasteiger partial charge in [0.1, 0.15) is 17.6 Å². The fourth-order valence-corrected chi connectivity index (χ4v) is 3.46. The van der Waals surface area contributed by atoms with Crippen LogP contribution in [-0.4, -0.2) is 36.6 Å². The summed E-state index contributed by atoms with van der Waals surface area (Å²) in [6.07, 6.45) is 1.34. The molecule has 2 amide bonds. The van der Waals surface area contributed by atoms with Crippen LogP contribution >= 0.6 is 11.6 Å². The highest BCUT2D eigenvalue weighted by Crippen LogP contribution is 2.26. The summed E-state index contributed by atoms with van der Waals surface area (Å²) in [5.74, 6) is -0.713. The molecule has 182 valence electrons. The largest absolute Gasteiger partial charge is 0.462 e. The molecule has 0 saturated heterocycles. The van der Waals surface area contributed by atoms with Crippen LogP contribution in [0.3, 0.4) is 0 Å². The molecule has 0 aliphatic rings. The summed E-state index contributed by atoms with van der Waals surface area (Å²) in [5, 5.41) is 7.09. The van der Waals surface area contributed by atoms with E-state index >= 15 is 0 Å². The van der Waals surface area contributed by atoms with Gasteiger partial charge in [-0.15, -0.1) is 0 Å². The zero-order valence-electron chi connectivity index (χ0n) is 19.6. The molecule has 1 unspecified atom stereocenters. The van der Waals surface area contributed by atoms with Gasteiger partial charge in [-0.1, -0.05) is 49.7 Å². The fraction of sp³-hybridized carbons (Fsp3) is 0.231. The molecule has 1 heterocycles. The number of nitrogens with one attached hydrogen (secondary N) is 2. The lowest BCUT2D eigenvalue weighted by molar-refractivity contribution is -0.123. The number of hydrogen-bond acceptors (Lipinski definition) is 6. The minimum absolute atomic E-state index is 0.192. The summed E-state index contributed by atoms with van der Waals surface area (Å²) in [6, 6.07) is 16.0. The minimum Gasteiger partial charge on any atom is -0.462 e. The summed E-state index contributed by atoms with van der Waals surface area (Å²) in [5.41, 5.74) is 3.75. The topological polar surface area (TPSA) is 110 Å². The number of carbonyl (C=O) groups is 3. The van der Waals surface area contributed by atoms with Gasteiger partial charge in [-0.3, -0.25) is 9.59 Å². The van der Waals surface area contributed by atoms with Crippen LogP contribution in [-0.2, 0) is 9.53 Å².